The van der Waals surface area contributed by atoms with Crippen molar-refractivity contribution in [2.75, 3.05) is 14.2 Å². The van der Waals surface area contributed by atoms with Crippen LogP contribution in [0.25, 0.3) is 23.1 Å². The molecule has 3 heteroatoms. The third-order valence-corrected chi connectivity index (χ3v) is 3.99. The Morgan fingerprint density at radius 3 is 2.48 bits per heavy atom. The average molecular weight is 306 g/mol. The molecule has 0 aliphatic heterocycles. The average Bonchev–Trinajstić information content (AvgIpc) is 2.61. The molecule has 0 spiro atoms. The summed E-state index contributed by atoms with van der Waals surface area (Å²) >= 11 is 0. The van der Waals surface area contributed by atoms with Crippen LogP contribution in [0, 0.1) is 0 Å². The van der Waals surface area contributed by atoms with Crippen LogP contribution in [0.15, 0.2) is 54.6 Å². The molecular weight excluding hydrogens is 286 g/mol. The van der Waals surface area contributed by atoms with Crippen LogP contribution in [0.2, 0.25) is 0 Å². The summed E-state index contributed by atoms with van der Waals surface area (Å²) < 4.78 is 12.9. The Labute approximate surface area is 136 Å². The Morgan fingerprint density at radius 1 is 0.870 bits per heavy atom. The maximum absolute atomic E-state index is 5.44. The van der Waals surface area contributed by atoms with E-state index in [0.717, 1.165) is 22.8 Å². The molecular formula is C20H20NO2+. The summed E-state index contributed by atoms with van der Waals surface area (Å²) in [6.45, 7) is 0. The van der Waals surface area contributed by atoms with Crippen molar-refractivity contribution in [1.82, 2.24) is 0 Å². The van der Waals surface area contributed by atoms with Crippen LogP contribution < -0.4 is 14.0 Å². The molecule has 0 aliphatic rings. The summed E-state index contributed by atoms with van der Waals surface area (Å²) in [4.78, 5) is 0. The summed E-state index contributed by atoms with van der Waals surface area (Å²) in [7, 11) is 5.40. The fourth-order valence-electron chi connectivity index (χ4n) is 2.66. The van der Waals surface area contributed by atoms with E-state index in [1.165, 1.54) is 10.9 Å². The normalized spacial score (nSPS) is 11.1. The highest BCUT2D eigenvalue weighted by atomic mass is 16.5. The minimum absolute atomic E-state index is 0.787. The van der Waals surface area contributed by atoms with Gasteiger partial charge in [0.1, 0.15) is 18.5 Å². The molecule has 2 aromatic carbocycles. The van der Waals surface area contributed by atoms with Gasteiger partial charge in [0.25, 0.3) is 0 Å². The van der Waals surface area contributed by atoms with Crippen LogP contribution in [0.3, 0.4) is 0 Å². The van der Waals surface area contributed by atoms with E-state index in [9.17, 15) is 0 Å². The van der Waals surface area contributed by atoms with Gasteiger partial charge < -0.3 is 9.47 Å². The SMILES string of the molecule is COc1ccc(/C=C/c2ccc3ccccc3[n+]2C)c(OC)c1. The lowest BCUT2D eigenvalue weighted by atomic mass is 10.1. The molecule has 0 bridgehead atoms. The Morgan fingerprint density at radius 2 is 1.70 bits per heavy atom. The van der Waals surface area contributed by atoms with E-state index in [2.05, 4.69) is 60.2 Å². The van der Waals surface area contributed by atoms with Crippen molar-refractivity contribution < 1.29 is 14.0 Å². The molecule has 3 rings (SSSR count). The minimum Gasteiger partial charge on any atom is -0.497 e. The van der Waals surface area contributed by atoms with E-state index in [-0.39, 0.29) is 0 Å². The van der Waals surface area contributed by atoms with E-state index < -0.39 is 0 Å². The van der Waals surface area contributed by atoms with Gasteiger partial charge in [0.05, 0.1) is 14.2 Å². The number of aromatic nitrogens is 1. The number of para-hydroxylation sites is 1. The van der Waals surface area contributed by atoms with E-state index >= 15 is 0 Å². The third-order valence-electron chi connectivity index (χ3n) is 3.99. The molecule has 1 heterocycles. The molecule has 0 aliphatic carbocycles. The maximum atomic E-state index is 5.44. The van der Waals surface area contributed by atoms with E-state index in [1.807, 2.05) is 18.2 Å². The van der Waals surface area contributed by atoms with Crippen molar-refractivity contribution in [1.29, 1.82) is 0 Å². The van der Waals surface area contributed by atoms with Gasteiger partial charge in [0, 0.05) is 35.2 Å². The van der Waals surface area contributed by atoms with Crippen molar-refractivity contribution in [3.8, 4) is 11.5 Å². The molecule has 3 aromatic rings. The first-order valence-corrected chi connectivity index (χ1v) is 7.51. The molecule has 0 amide bonds. The Kier molecular flexibility index (Phi) is 4.29. The molecule has 23 heavy (non-hydrogen) atoms. The smallest absolute Gasteiger partial charge is 0.212 e. The number of aryl methyl sites for hydroxylation is 1. The number of ether oxygens (including phenoxy) is 2. The topological polar surface area (TPSA) is 22.3 Å². The van der Waals surface area contributed by atoms with Gasteiger partial charge in [-0.05, 0) is 30.3 Å². The van der Waals surface area contributed by atoms with Gasteiger partial charge in [-0.3, -0.25) is 0 Å². The number of fused-ring (bicyclic) bond motifs is 1. The first-order valence-electron chi connectivity index (χ1n) is 7.51. The molecule has 0 radical (unpaired) electrons. The first kappa shape index (κ1) is 15.1. The predicted molar refractivity (Wildman–Crippen MR) is 93.6 cm³/mol. The molecule has 116 valence electrons. The summed E-state index contributed by atoms with van der Waals surface area (Å²) in [6.07, 6.45) is 4.15. The van der Waals surface area contributed by atoms with Crippen LogP contribution in [0.5, 0.6) is 11.5 Å². The van der Waals surface area contributed by atoms with E-state index in [1.54, 1.807) is 14.2 Å². The van der Waals surface area contributed by atoms with Crippen LogP contribution in [0.1, 0.15) is 11.3 Å². The van der Waals surface area contributed by atoms with E-state index in [4.69, 9.17) is 9.47 Å². The van der Waals surface area contributed by atoms with Gasteiger partial charge >= 0.3 is 0 Å². The lowest BCUT2D eigenvalue weighted by Gasteiger charge is -2.07. The number of hydrogen-bond acceptors (Lipinski definition) is 2. The van der Waals surface area contributed by atoms with Crippen LogP contribution in [0.4, 0.5) is 0 Å². The fraction of sp³-hybridized carbons (Fsp3) is 0.150. The number of rotatable bonds is 4. The van der Waals surface area contributed by atoms with Crippen molar-refractivity contribution in [2.24, 2.45) is 7.05 Å². The predicted octanol–water partition coefficient (Wildman–Crippen LogP) is 3.85. The summed E-state index contributed by atoms with van der Waals surface area (Å²) in [5, 5.41) is 1.23. The highest BCUT2D eigenvalue weighted by Gasteiger charge is 2.09. The van der Waals surface area contributed by atoms with E-state index in [0.29, 0.717) is 0 Å². The molecule has 0 unspecified atom stereocenters. The van der Waals surface area contributed by atoms with Crippen LogP contribution in [-0.4, -0.2) is 14.2 Å². The highest BCUT2D eigenvalue weighted by molar-refractivity contribution is 5.77. The number of methoxy groups -OCH3 is 2. The Balaban J connectivity index is 1.99. The van der Waals surface area contributed by atoms with Gasteiger partial charge in [-0.15, -0.1) is 0 Å². The van der Waals surface area contributed by atoms with Gasteiger partial charge in [0.15, 0.2) is 0 Å². The van der Waals surface area contributed by atoms with Crippen LogP contribution in [-0.2, 0) is 7.05 Å². The van der Waals surface area contributed by atoms with Crippen molar-refractivity contribution in [2.45, 2.75) is 0 Å². The minimum atomic E-state index is 0.787. The number of benzene rings is 2. The van der Waals surface area contributed by atoms with Gasteiger partial charge in [-0.2, -0.15) is 4.57 Å². The van der Waals surface area contributed by atoms with Crippen molar-refractivity contribution in [3.63, 3.8) is 0 Å². The van der Waals surface area contributed by atoms with Gasteiger partial charge in [-0.1, -0.05) is 12.1 Å². The summed E-state index contributed by atoms with van der Waals surface area (Å²) in [5.74, 6) is 1.58. The van der Waals surface area contributed by atoms with Crippen LogP contribution >= 0.6 is 0 Å². The molecule has 1 aromatic heterocycles. The Hall–Kier alpha value is -2.81. The molecule has 0 atom stereocenters. The van der Waals surface area contributed by atoms with Crippen molar-refractivity contribution in [3.05, 3.63) is 65.9 Å². The lowest BCUT2D eigenvalue weighted by Crippen LogP contribution is -2.32. The fourth-order valence-corrected chi connectivity index (χ4v) is 2.66. The third kappa shape index (κ3) is 3.04. The molecule has 0 N–H and O–H groups in total. The Bertz CT molecular complexity index is 869. The van der Waals surface area contributed by atoms with Gasteiger partial charge in [0.2, 0.25) is 11.2 Å². The zero-order chi connectivity index (χ0) is 16.2. The second-order valence-corrected chi connectivity index (χ2v) is 5.32. The first-order chi connectivity index (χ1) is 11.2. The van der Waals surface area contributed by atoms with Gasteiger partial charge in [-0.25, -0.2) is 0 Å². The monoisotopic (exact) mass is 306 g/mol. The highest BCUT2D eigenvalue weighted by Crippen LogP contribution is 2.26. The van der Waals surface area contributed by atoms with Crippen molar-refractivity contribution >= 4 is 23.1 Å². The molecule has 0 saturated carbocycles. The zero-order valence-corrected chi connectivity index (χ0v) is 13.6. The molecule has 0 fully saturated rings. The largest absolute Gasteiger partial charge is 0.497 e. The lowest BCUT2D eigenvalue weighted by molar-refractivity contribution is -0.646. The summed E-state index contributed by atoms with van der Waals surface area (Å²) in [6, 6.07) is 18.4. The number of pyridine rings is 1. The number of hydrogen-bond donors (Lipinski definition) is 0. The summed E-state index contributed by atoms with van der Waals surface area (Å²) in [5.41, 5.74) is 3.35. The number of nitrogens with zero attached hydrogens (tertiary/aromatic N) is 1. The second-order valence-electron chi connectivity index (χ2n) is 5.32. The quantitative estimate of drug-likeness (QED) is 0.683. The molecule has 0 saturated heterocycles. The zero-order valence-electron chi connectivity index (χ0n) is 13.6. The molecule has 3 nitrogen and oxygen atoms in total. The maximum Gasteiger partial charge on any atom is 0.212 e. The standard InChI is InChI=1S/C20H20NO2/c1-21-17(11-8-15-6-4-5-7-19(15)21)12-9-16-10-13-18(22-2)14-20(16)23-3/h4-14H,1-3H3/q+1/b12-9+. The second kappa shape index (κ2) is 6.53.